The van der Waals surface area contributed by atoms with Gasteiger partial charge < -0.3 is 4.90 Å². The molecule has 1 fully saturated rings. The summed E-state index contributed by atoms with van der Waals surface area (Å²) in [7, 11) is -3.63. The Morgan fingerprint density at radius 1 is 1.30 bits per heavy atom. The van der Waals surface area contributed by atoms with E-state index in [0.29, 0.717) is 13.1 Å². The van der Waals surface area contributed by atoms with Crippen molar-refractivity contribution >= 4 is 15.7 Å². The van der Waals surface area contributed by atoms with Crippen molar-refractivity contribution in [2.24, 2.45) is 0 Å². The van der Waals surface area contributed by atoms with Gasteiger partial charge in [0.15, 0.2) is 0 Å². The van der Waals surface area contributed by atoms with Crippen molar-refractivity contribution in [1.29, 1.82) is 0 Å². The van der Waals surface area contributed by atoms with Crippen molar-refractivity contribution in [1.82, 2.24) is 19.7 Å². The van der Waals surface area contributed by atoms with E-state index in [1.807, 2.05) is 37.3 Å². The molecule has 23 heavy (non-hydrogen) atoms. The molecule has 1 aliphatic heterocycles. The average molecular weight is 335 g/mol. The Morgan fingerprint density at radius 3 is 2.78 bits per heavy atom. The van der Waals surface area contributed by atoms with E-state index in [0.717, 1.165) is 25.1 Å². The number of hydrogen-bond acceptors (Lipinski definition) is 5. The van der Waals surface area contributed by atoms with Gasteiger partial charge in [-0.1, -0.05) is 18.2 Å². The predicted octanol–water partition coefficient (Wildman–Crippen LogP) is 1.25. The third-order valence-corrected chi connectivity index (χ3v) is 5.32. The first-order valence-corrected chi connectivity index (χ1v) is 9.29. The predicted molar refractivity (Wildman–Crippen MR) is 87.7 cm³/mol. The second-order valence-electron chi connectivity index (χ2n) is 5.61. The van der Waals surface area contributed by atoms with E-state index >= 15 is 0 Å². The van der Waals surface area contributed by atoms with Gasteiger partial charge in [0.1, 0.15) is 0 Å². The summed E-state index contributed by atoms with van der Waals surface area (Å²) in [6.45, 7) is 4.00. The molecule has 0 amide bonds. The van der Waals surface area contributed by atoms with Gasteiger partial charge in [-0.3, -0.25) is 0 Å². The van der Waals surface area contributed by atoms with Gasteiger partial charge in [0.2, 0.25) is 5.03 Å². The lowest BCUT2D eigenvalue weighted by Gasteiger charge is -2.34. The van der Waals surface area contributed by atoms with E-state index in [1.165, 1.54) is 11.0 Å². The number of sulfonamides is 1. The zero-order valence-corrected chi connectivity index (χ0v) is 13.9. The second-order valence-corrected chi connectivity index (χ2v) is 7.27. The van der Waals surface area contributed by atoms with Gasteiger partial charge in [-0.2, -0.15) is 9.90 Å². The molecular weight excluding hydrogens is 314 g/mol. The molecule has 1 aromatic heterocycles. The van der Waals surface area contributed by atoms with Gasteiger partial charge in [0.05, 0.1) is 12.7 Å². The molecule has 1 N–H and O–H groups in total. The molecule has 3 rings (SSSR count). The lowest BCUT2D eigenvalue weighted by atomic mass is 10.1. The van der Waals surface area contributed by atoms with Crippen molar-refractivity contribution in [3.63, 3.8) is 0 Å². The Bertz CT molecular complexity index is 744. The highest BCUT2D eigenvalue weighted by atomic mass is 32.2. The van der Waals surface area contributed by atoms with Crippen LogP contribution in [0.5, 0.6) is 0 Å². The summed E-state index contributed by atoms with van der Waals surface area (Å²) in [5, 5.41) is 7.90. The number of aromatic nitrogens is 3. The molecule has 8 heteroatoms. The minimum Gasteiger partial charge on any atom is -0.370 e. The lowest BCUT2D eigenvalue weighted by Crippen LogP contribution is -2.47. The standard InChI is InChI=1S/C15H21N5O2S/c1-2-20-16-11-15(17-20)23(21,22)18-13-7-6-10-19(12-13)14-8-4-3-5-9-14/h3-5,8-9,11,13,18H,2,6-7,10,12H2,1H3. The van der Waals surface area contributed by atoms with Crippen molar-refractivity contribution in [3.8, 4) is 0 Å². The molecular formula is C15H21N5O2S. The van der Waals surface area contributed by atoms with E-state index in [-0.39, 0.29) is 11.1 Å². The highest BCUT2D eigenvalue weighted by Crippen LogP contribution is 2.20. The number of rotatable bonds is 5. The van der Waals surface area contributed by atoms with Gasteiger partial charge in [-0.25, -0.2) is 13.1 Å². The van der Waals surface area contributed by atoms with Crippen molar-refractivity contribution in [3.05, 3.63) is 36.5 Å². The Labute approximate surface area is 136 Å². The van der Waals surface area contributed by atoms with Gasteiger partial charge in [0, 0.05) is 24.8 Å². The zero-order valence-electron chi connectivity index (χ0n) is 13.1. The van der Waals surface area contributed by atoms with Gasteiger partial charge in [-0.15, -0.1) is 5.10 Å². The monoisotopic (exact) mass is 335 g/mol. The SMILES string of the molecule is CCn1ncc(S(=O)(=O)NC2CCCN(c3ccccc3)C2)n1. The fourth-order valence-corrected chi connectivity index (χ4v) is 3.92. The van der Waals surface area contributed by atoms with E-state index < -0.39 is 10.0 Å². The molecule has 0 radical (unpaired) electrons. The number of hydrogen-bond donors (Lipinski definition) is 1. The van der Waals surface area contributed by atoms with E-state index in [2.05, 4.69) is 19.8 Å². The summed E-state index contributed by atoms with van der Waals surface area (Å²) in [4.78, 5) is 3.57. The summed E-state index contributed by atoms with van der Waals surface area (Å²) in [5.41, 5.74) is 1.12. The number of nitrogens with one attached hydrogen (secondary N) is 1. The molecule has 2 heterocycles. The molecule has 124 valence electrons. The smallest absolute Gasteiger partial charge is 0.261 e. The van der Waals surface area contributed by atoms with Gasteiger partial charge >= 0.3 is 0 Å². The van der Waals surface area contributed by atoms with Crippen molar-refractivity contribution < 1.29 is 8.42 Å². The number of piperidine rings is 1. The Morgan fingerprint density at radius 2 is 2.09 bits per heavy atom. The van der Waals surface area contributed by atoms with Crippen LogP contribution < -0.4 is 9.62 Å². The maximum atomic E-state index is 12.4. The molecule has 0 saturated carbocycles. The van der Waals surface area contributed by atoms with Crippen LogP contribution in [-0.2, 0) is 16.6 Å². The highest BCUT2D eigenvalue weighted by molar-refractivity contribution is 7.89. The number of aryl methyl sites for hydroxylation is 1. The Hall–Kier alpha value is -1.93. The summed E-state index contributed by atoms with van der Waals surface area (Å²) < 4.78 is 27.6. The molecule has 1 aromatic carbocycles. The van der Waals surface area contributed by atoms with Gasteiger partial charge in [0.25, 0.3) is 10.0 Å². The maximum absolute atomic E-state index is 12.4. The second kappa shape index (κ2) is 6.67. The molecule has 1 unspecified atom stereocenters. The van der Waals surface area contributed by atoms with Crippen LogP contribution >= 0.6 is 0 Å². The minimum absolute atomic E-state index is 0.0174. The van der Waals surface area contributed by atoms with Crippen molar-refractivity contribution in [2.75, 3.05) is 18.0 Å². The van der Waals surface area contributed by atoms with Gasteiger partial charge in [-0.05, 0) is 31.9 Å². The fourth-order valence-electron chi connectivity index (χ4n) is 2.78. The first-order valence-electron chi connectivity index (χ1n) is 7.81. The summed E-state index contributed by atoms with van der Waals surface area (Å²) in [6, 6.07) is 9.93. The highest BCUT2D eigenvalue weighted by Gasteiger charge is 2.27. The fraction of sp³-hybridized carbons (Fsp3) is 0.467. The van der Waals surface area contributed by atoms with E-state index in [1.54, 1.807) is 0 Å². The van der Waals surface area contributed by atoms with E-state index in [9.17, 15) is 8.42 Å². The van der Waals surface area contributed by atoms with Crippen LogP contribution in [0.3, 0.4) is 0 Å². The molecule has 1 saturated heterocycles. The Kier molecular flexibility index (Phi) is 4.63. The molecule has 7 nitrogen and oxygen atoms in total. The molecule has 1 atom stereocenters. The zero-order chi connectivity index (χ0) is 16.3. The van der Waals surface area contributed by atoms with E-state index in [4.69, 9.17) is 0 Å². The Balaban J connectivity index is 1.69. The van der Waals surface area contributed by atoms with Crippen LogP contribution in [-0.4, -0.2) is 42.5 Å². The average Bonchev–Trinajstić information content (AvgIpc) is 3.06. The molecule has 0 spiro atoms. The third kappa shape index (κ3) is 3.70. The van der Waals surface area contributed by atoms with Crippen LogP contribution in [0.1, 0.15) is 19.8 Å². The number of benzene rings is 1. The largest absolute Gasteiger partial charge is 0.370 e. The molecule has 0 aliphatic carbocycles. The number of para-hydroxylation sites is 1. The molecule has 2 aromatic rings. The van der Waals surface area contributed by atoms with Crippen LogP contribution in [0.2, 0.25) is 0 Å². The van der Waals surface area contributed by atoms with Crippen LogP contribution in [0, 0.1) is 0 Å². The number of anilines is 1. The summed E-state index contributed by atoms with van der Waals surface area (Å²) in [5.74, 6) is 0. The topological polar surface area (TPSA) is 80.1 Å². The minimum atomic E-state index is -3.63. The molecule has 1 aliphatic rings. The normalized spacial score (nSPS) is 19.0. The third-order valence-electron chi connectivity index (χ3n) is 3.94. The number of nitrogens with zero attached hydrogens (tertiary/aromatic N) is 4. The summed E-state index contributed by atoms with van der Waals surface area (Å²) in [6.07, 6.45) is 3.07. The van der Waals surface area contributed by atoms with Crippen molar-refractivity contribution in [2.45, 2.75) is 37.4 Å². The first-order chi connectivity index (χ1) is 11.1. The summed E-state index contributed by atoms with van der Waals surface area (Å²) >= 11 is 0. The van der Waals surface area contributed by atoms with Crippen LogP contribution in [0.15, 0.2) is 41.6 Å². The van der Waals surface area contributed by atoms with Crippen LogP contribution in [0.25, 0.3) is 0 Å². The van der Waals surface area contributed by atoms with Crippen LogP contribution in [0.4, 0.5) is 5.69 Å². The first kappa shape index (κ1) is 15.9. The maximum Gasteiger partial charge on any atom is 0.261 e. The molecule has 0 bridgehead atoms. The lowest BCUT2D eigenvalue weighted by molar-refractivity contribution is 0.464. The quantitative estimate of drug-likeness (QED) is 0.889.